The van der Waals surface area contributed by atoms with Crippen molar-refractivity contribution < 1.29 is 0 Å². The van der Waals surface area contributed by atoms with E-state index in [1.165, 1.54) is 18.4 Å². The van der Waals surface area contributed by atoms with Gasteiger partial charge in [-0.1, -0.05) is 37.6 Å². The lowest BCUT2D eigenvalue weighted by Gasteiger charge is -2.25. The van der Waals surface area contributed by atoms with Crippen molar-refractivity contribution in [3.63, 3.8) is 0 Å². The zero-order chi connectivity index (χ0) is 7.61. The third kappa shape index (κ3) is 1.50. The summed E-state index contributed by atoms with van der Waals surface area (Å²) in [5.41, 5.74) is 1.86. The molecule has 0 aromatic heterocycles. The molecule has 0 bridgehead atoms. The average Bonchev–Trinajstić information content (AvgIpc) is 1.88. The van der Waals surface area contributed by atoms with Crippen molar-refractivity contribution in [2.45, 2.75) is 33.6 Å². The van der Waals surface area contributed by atoms with Crippen LogP contribution in [0.15, 0.2) is 23.8 Å². The summed E-state index contributed by atoms with van der Waals surface area (Å²) >= 11 is 0. The first-order chi connectivity index (χ1) is 4.66. The summed E-state index contributed by atoms with van der Waals surface area (Å²) in [5.74, 6) is 0. The standard InChI is InChI=1S/C10H16/c1-4-10(3)7-5-6-9(2)8-10/h5-6,8H,4,7H2,1-3H3. The number of allylic oxidation sites excluding steroid dienone is 4. The highest BCUT2D eigenvalue weighted by Crippen LogP contribution is 2.32. The SMILES string of the molecule is CCC1(C)C=C(C)C=CC1. The summed E-state index contributed by atoms with van der Waals surface area (Å²) in [6, 6.07) is 0. The Morgan fingerprint density at radius 3 is 2.70 bits per heavy atom. The maximum absolute atomic E-state index is 2.38. The van der Waals surface area contributed by atoms with Gasteiger partial charge in [-0.25, -0.2) is 0 Å². The molecule has 0 radical (unpaired) electrons. The summed E-state index contributed by atoms with van der Waals surface area (Å²) in [7, 11) is 0. The summed E-state index contributed by atoms with van der Waals surface area (Å²) in [5, 5.41) is 0. The van der Waals surface area contributed by atoms with Gasteiger partial charge in [-0.05, 0) is 25.2 Å². The van der Waals surface area contributed by atoms with Crippen molar-refractivity contribution in [1.82, 2.24) is 0 Å². The minimum Gasteiger partial charge on any atom is -0.0834 e. The van der Waals surface area contributed by atoms with Crippen LogP contribution in [0.25, 0.3) is 0 Å². The topological polar surface area (TPSA) is 0 Å². The van der Waals surface area contributed by atoms with Crippen molar-refractivity contribution >= 4 is 0 Å². The molecule has 10 heavy (non-hydrogen) atoms. The van der Waals surface area contributed by atoms with Crippen LogP contribution in [-0.2, 0) is 0 Å². The highest BCUT2D eigenvalue weighted by atomic mass is 14.2. The minimum absolute atomic E-state index is 0.443. The van der Waals surface area contributed by atoms with Crippen molar-refractivity contribution in [2.24, 2.45) is 5.41 Å². The Bertz CT molecular complexity index is 174. The molecule has 1 unspecified atom stereocenters. The van der Waals surface area contributed by atoms with E-state index in [4.69, 9.17) is 0 Å². The van der Waals surface area contributed by atoms with Gasteiger partial charge in [0.2, 0.25) is 0 Å². The number of hydrogen-bond acceptors (Lipinski definition) is 0. The number of rotatable bonds is 1. The van der Waals surface area contributed by atoms with Crippen molar-refractivity contribution in [3.8, 4) is 0 Å². The molecule has 0 saturated carbocycles. The van der Waals surface area contributed by atoms with Crippen LogP contribution in [0.2, 0.25) is 0 Å². The van der Waals surface area contributed by atoms with E-state index in [0.717, 1.165) is 0 Å². The third-order valence-corrected chi connectivity index (χ3v) is 2.35. The molecule has 1 aliphatic carbocycles. The molecule has 0 saturated heterocycles. The maximum atomic E-state index is 2.38. The fourth-order valence-corrected chi connectivity index (χ4v) is 1.42. The third-order valence-electron chi connectivity index (χ3n) is 2.35. The van der Waals surface area contributed by atoms with Crippen LogP contribution in [0, 0.1) is 5.41 Å². The summed E-state index contributed by atoms with van der Waals surface area (Å²) in [4.78, 5) is 0. The Hall–Kier alpha value is -0.520. The lowest BCUT2D eigenvalue weighted by molar-refractivity contribution is 0.411. The van der Waals surface area contributed by atoms with Gasteiger partial charge in [0.15, 0.2) is 0 Å². The minimum atomic E-state index is 0.443. The molecule has 0 fully saturated rings. The molecule has 0 nitrogen and oxygen atoms in total. The Morgan fingerprint density at radius 1 is 1.60 bits per heavy atom. The Kier molecular flexibility index (Phi) is 1.98. The molecular formula is C10H16. The van der Waals surface area contributed by atoms with Gasteiger partial charge in [0.05, 0.1) is 0 Å². The van der Waals surface area contributed by atoms with E-state index in [0.29, 0.717) is 5.41 Å². The summed E-state index contributed by atoms with van der Waals surface area (Å²) in [6.07, 6.45) is 9.32. The smallest absolute Gasteiger partial charge is 0.0109 e. The molecule has 1 aliphatic rings. The van der Waals surface area contributed by atoms with Crippen LogP contribution < -0.4 is 0 Å². The summed E-state index contributed by atoms with van der Waals surface area (Å²) < 4.78 is 0. The predicted molar refractivity (Wildman–Crippen MR) is 45.9 cm³/mol. The van der Waals surface area contributed by atoms with E-state index < -0.39 is 0 Å². The molecule has 1 atom stereocenters. The highest BCUT2D eigenvalue weighted by molar-refractivity contribution is 5.24. The molecule has 0 amide bonds. The fraction of sp³-hybridized carbons (Fsp3) is 0.600. The van der Waals surface area contributed by atoms with E-state index in [1.54, 1.807) is 0 Å². The molecule has 0 heterocycles. The fourth-order valence-electron chi connectivity index (χ4n) is 1.42. The first kappa shape index (κ1) is 7.59. The molecule has 0 N–H and O–H groups in total. The normalized spacial score (nSPS) is 32.1. The van der Waals surface area contributed by atoms with Crippen LogP contribution in [0.4, 0.5) is 0 Å². The first-order valence-electron chi connectivity index (χ1n) is 4.02. The molecule has 0 aliphatic heterocycles. The van der Waals surface area contributed by atoms with Crippen LogP contribution in [0.1, 0.15) is 33.6 Å². The second-order valence-corrected chi connectivity index (χ2v) is 3.50. The summed E-state index contributed by atoms with van der Waals surface area (Å²) in [6.45, 7) is 6.74. The van der Waals surface area contributed by atoms with E-state index >= 15 is 0 Å². The van der Waals surface area contributed by atoms with Crippen LogP contribution in [0.5, 0.6) is 0 Å². The molecule has 0 heteroatoms. The van der Waals surface area contributed by atoms with Crippen LogP contribution in [0.3, 0.4) is 0 Å². The molecule has 0 aromatic carbocycles. The highest BCUT2D eigenvalue weighted by Gasteiger charge is 2.18. The molecular weight excluding hydrogens is 120 g/mol. The van der Waals surface area contributed by atoms with Gasteiger partial charge >= 0.3 is 0 Å². The lowest BCUT2D eigenvalue weighted by Crippen LogP contribution is -2.12. The zero-order valence-electron chi connectivity index (χ0n) is 7.15. The molecule has 56 valence electrons. The second kappa shape index (κ2) is 2.61. The predicted octanol–water partition coefficient (Wildman–Crippen LogP) is 3.31. The Labute approximate surface area is 63.6 Å². The largest absolute Gasteiger partial charge is 0.0834 e. The number of hydrogen-bond donors (Lipinski definition) is 0. The lowest BCUT2D eigenvalue weighted by atomic mass is 9.80. The molecule has 1 rings (SSSR count). The van der Waals surface area contributed by atoms with Crippen LogP contribution >= 0.6 is 0 Å². The van der Waals surface area contributed by atoms with Crippen molar-refractivity contribution in [2.75, 3.05) is 0 Å². The van der Waals surface area contributed by atoms with Gasteiger partial charge in [0.25, 0.3) is 0 Å². The monoisotopic (exact) mass is 136 g/mol. The van der Waals surface area contributed by atoms with E-state index in [9.17, 15) is 0 Å². The van der Waals surface area contributed by atoms with Gasteiger partial charge < -0.3 is 0 Å². The van der Waals surface area contributed by atoms with E-state index in [1.807, 2.05) is 0 Å². The van der Waals surface area contributed by atoms with Gasteiger partial charge in [-0.15, -0.1) is 0 Å². The molecule has 0 spiro atoms. The molecule has 0 aromatic rings. The first-order valence-corrected chi connectivity index (χ1v) is 4.02. The van der Waals surface area contributed by atoms with Gasteiger partial charge in [0.1, 0.15) is 0 Å². The van der Waals surface area contributed by atoms with E-state index in [2.05, 4.69) is 39.0 Å². The van der Waals surface area contributed by atoms with Gasteiger partial charge in [0, 0.05) is 0 Å². The van der Waals surface area contributed by atoms with Crippen molar-refractivity contribution in [3.05, 3.63) is 23.8 Å². The average molecular weight is 136 g/mol. The Morgan fingerprint density at radius 2 is 2.30 bits per heavy atom. The van der Waals surface area contributed by atoms with Gasteiger partial charge in [-0.3, -0.25) is 0 Å². The van der Waals surface area contributed by atoms with E-state index in [-0.39, 0.29) is 0 Å². The second-order valence-electron chi connectivity index (χ2n) is 3.50. The quantitative estimate of drug-likeness (QED) is 0.518. The maximum Gasteiger partial charge on any atom is -0.0109 e. The zero-order valence-corrected chi connectivity index (χ0v) is 7.15. The van der Waals surface area contributed by atoms with Crippen molar-refractivity contribution in [1.29, 1.82) is 0 Å². The van der Waals surface area contributed by atoms with Gasteiger partial charge in [-0.2, -0.15) is 0 Å². The Balaban J connectivity index is 2.76. The van der Waals surface area contributed by atoms with Crippen LogP contribution in [-0.4, -0.2) is 0 Å².